The van der Waals surface area contributed by atoms with Crippen molar-refractivity contribution in [1.29, 1.82) is 0 Å². The van der Waals surface area contributed by atoms with Gasteiger partial charge in [0.25, 0.3) is 0 Å². The molecule has 0 saturated heterocycles. The van der Waals surface area contributed by atoms with Crippen LogP contribution in [0.1, 0.15) is 38.3 Å². The molecule has 60 heavy (non-hydrogen) atoms. The molecule has 11 heteroatoms. The number of fused-ring (bicyclic) bond motifs is 3. The van der Waals surface area contributed by atoms with Crippen LogP contribution in [0.15, 0.2) is 143 Å². The topological polar surface area (TPSA) is 102 Å². The van der Waals surface area contributed by atoms with Crippen LogP contribution in [-0.2, 0) is 27.2 Å². The fourth-order valence-electron chi connectivity index (χ4n) is 6.92. The molecular weight excluding hydrogens is 788 g/mol. The number of nitrogens with two attached hydrogens (primary N) is 1. The number of nitrogens with zero attached hydrogens (tertiary/aromatic N) is 4. The first-order chi connectivity index (χ1) is 28.2. The van der Waals surface area contributed by atoms with Crippen LogP contribution in [-0.4, -0.2) is 97.9 Å². The maximum absolute atomic E-state index is 14.1. The predicted octanol–water partition coefficient (Wildman–Crippen LogP) is 8.37. The fourth-order valence-corrected chi connectivity index (χ4v) is 8.01. The second-order valence-electron chi connectivity index (χ2n) is 16.2. The normalized spacial score (nSPS) is 13.5. The van der Waals surface area contributed by atoms with Crippen LogP contribution < -0.4 is 16.0 Å². The summed E-state index contributed by atoms with van der Waals surface area (Å²) < 4.78 is 0. The Morgan fingerprint density at radius 1 is 0.733 bits per heavy atom. The minimum atomic E-state index is -0.817. The molecule has 318 valence electrons. The predicted molar refractivity (Wildman–Crippen MR) is 251 cm³/mol. The molecule has 3 atom stereocenters. The number of benzene rings is 5. The van der Waals surface area contributed by atoms with E-state index >= 15 is 0 Å². The van der Waals surface area contributed by atoms with Crippen LogP contribution in [0.25, 0.3) is 10.8 Å². The number of para-hydroxylation sites is 2. The summed E-state index contributed by atoms with van der Waals surface area (Å²) in [6.07, 6.45) is 4.39. The standard InChI is InChI=1S/C32H40N4O3.C17H20N2S.ClH/c1-32(2,33)19-11-16-29(37)35(4)28(22-24-17-18-25-14-9-10-15-26(25)20-24)31(39)36(5)27(30(38)34-3)21-23-12-7-6-8-13-23;1-13(18(2)3)12-19-14-8-4-6-10-16(14)20-17-11-7-5-9-15(17)19;/h6-18,20,27-28H,19,21-22,33H2,1-5H3,(H,34,38);4-11,13H,12H2,1-3H3;1H/b16-11+;;/t27-,28-;;/m1../s1. The number of likely N-dealkylation sites (N-methyl/N-ethyl adjacent to an activating group) is 4. The molecule has 9 nitrogen and oxygen atoms in total. The van der Waals surface area contributed by atoms with Crippen LogP contribution in [0.3, 0.4) is 0 Å². The third-order valence-electron chi connectivity index (χ3n) is 10.7. The Morgan fingerprint density at radius 3 is 1.87 bits per heavy atom. The summed E-state index contributed by atoms with van der Waals surface area (Å²) in [7, 11) is 9.10. The first-order valence-corrected chi connectivity index (χ1v) is 21.0. The summed E-state index contributed by atoms with van der Waals surface area (Å²) in [5, 5.41) is 4.84. The van der Waals surface area contributed by atoms with Gasteiger partial charge in [-0.2, -0.15) is 0 Å². The van der Waals surface area contributed by atoms with Gasteiger partial charge in [-0.05, 0) is 93.5 Å². The maximum atomic E-state index is 14.1. The van der Waals surface area contributed by atoms with E-state index < -0.39 is 17.6 Å². The molecule has 0 fully saturated rings. The second kappa shape index (κ2) is 21.9. The molecule has 5 aromatic carbocycles. The highest BCUT2D eigenvalue weighted by Gasteiger charge is 2.34. The van der Waals surface area contributed by atoms with Gasteiger partial charge < -0.3 is 30.7 Å². The van der Waals surface area contributed by atoms with Crippen LogP contribution in [0, 0.1) is 0 Å². The zero-order valence-electron chi connectivity index (χ0n) is 36.2. The minimum Gasteiger partial charge on any atom is -0.357 e. The highest BCUT2D eigenvalue weighted by Crippen LogP contribution is 2.47. The second-order valence-corrected chi connectivity index (χ2v) is 17.3. The Labute approximate surface area is 367 Å². The Kier molecular flexibility index (Phi) is 17.4. The maximum Gasteiger partial charge on any atom is 0.246 e. The number of rotatable bonds is 14. The Balaban J connectivity index is 0.000000315. The van der Waals surface area contributed by atoms with E-state index in [1.54, 1.807) is 27.2 Å². The monoisotopic (exact) mass is 848 g/mol. The van der Waals surface area contributed by atoms with Crippen molar-refractivity contribution in [2.24, 2.45) is 5.73 Å². The van der Waals surface area contributed by atoms with Gasteiger partial charge in [-0.3, -0.25) is 14.4 Å². The summed E-state index contributed by atoms with van der Waals surface area (Å²) in [6, 6.07) is 39.9. The average Bonchev–Trinajstić information content (AvgIpc) is 3.23. The van der Waals surface area contributed by atoms with E-state index in [0.29, 0.717) is 25.3 Å². The van der Waals surface area contributed by atoms with Gasteiger partial charge in [-0.15, -0.1) is 12.4 Å². The smallest absolute Gasteiger partial charge is 0.246 e. The first kappa shape index (κ1) is 47.5. The highest BCUT2D eigenvalue weighted by atomic mass is 35.5. The van der Waals surface area contributed by atoms with E-state index in [1.165, 1.54) is 37.0 Å². The van der Waals surface area contributed by atoms with Crippen molar-refractivity contribution in [3.05, 3.63) is 145 Å². The van der Waals surface area contributed by atoms with E-state index in [0.717, 1.165) is 28.4 Å². The molecule has 3 N–H and O–H groups in total. The summed E-state index contributed by atoms with van der Waals surface area (Å²) in [6.45, 7) is 7.05. The minimum absolute atomic E-state index is 0. The van der Waals surface area contributed by atoms with Crippen molar-refractivity contribution in [3.8, 4) is 0 Å². The Bertz CT molecular complexity index is 2180. The lowest BCUT2D eigenvalue weighted by atomic mass is 9.98. The molecule has 0 aromatic heterocycles. The van der Waals surface area contributed by atoms with Gasteiger partial charge in [-0.1, -0.05) is 115 Å². The van der Waals surface area contributed by atoms with Gasteiger partial charge in [0.2, 0.25) is 17.7 Å². The zero-order valence-corrected chi connectivity index (χ0v) is 37.8. The van der Waals surface area contributed by atoms with Crippen LogP contribution >= 0.6 is 24.2 Å². The quantitative estimate of drug-likeness (QED) is 0.108. The Hall–Kier alpha value is -5.13. The molecule has 3 amide bonds. The molecule has 1 heterocycles. The van der Waals surface area contributed by atoms with Crippen molar-refractivity contribution in [1.82, 2.24) is 20.0 Å². The highest BCUT2D eigenvalue weighted by molar-refractivity contribution is 7.99. The SMILES string of the molecule is CC(CN1c2ccccc2Sc2ccccc21)N(C)C.CNC(=O)[C@@H](Cc1ccccc1)N(C)C(=O)[C@@H](Cc1ccc2ccccc2c1)N(C)C(=O)/C=C/CC(C)(C)N.Cl. The van der Waals surface area contributed by atoms with Crippen LogP contribution in [0.2, 0.25) is 0 Å². The molecule has 0 saturated carbocycles. The zero-order chi connectivity index (χ0) is 42.7. The van der Waals surface area contributed by atoms with Crippen molar-refractivity contribution >= 4 is 64.0 Å². The van der Waals surface area contributed by atoms with Crippen molar-refractivity contribution in [2.75, 3.05) is 46.7 Å². The van der Waals surface area contributed by atoms with Gasteiger partial charge in [0.1, 0.15) is 12.1 Å². The third-order valence-corrected chi connectivity index (χ3v) is 11.9. The summed E-state index contributed by atoms with van der Waals surface area (Å²) in [4.78, 5) is 50.5. The molecule has 0 bridgehead atoms. The molecule has 6 rings (SSSR count). The van der Waals surface area contributed by atoms with Crippen molar-refractivity contribution < 1.29 is 14.4 Å². The van der Waals surface area contributed by atoms with Gasteiger partial charge >= 0.3 is 0 Å². The molecular formula is C49H61ClN6O3S. The fraction of sp³-hybridized carbons (Fsp3) is 0.327. The van der Waals surface area contributed by atoms with Crippen molar-refractivity contribution in [2.45, 2.75) is 73.5 Å². The number of carbonyl (C=O) groups excluding carboxylic acids is 3. The number of halogens is 1. The molecule has 1 aliphatic heterocycles. The van der Waals surface area contributed by atoms with E-state index in [1.807, 2.05) is 98.4 Å². The molecule has 0 spiro atoms. The first-order valence-electron chi connectivity index (χ1n) is 20.2. The molecule has 5 aromatic rings. The summed E-state index contributed by atoms with van der Waals surface area (Å²) in [5.74, 6) is -0.874. The van der Waals surface area contributed by atoms with Crippen LogP contribution in [0.5, 0.6) is 0 Å². The van der Waals surface area contributed by atoms with Gasteiger partial charge in [-0.25, -0.2) is 0 Å². The number of nitrogens with one attached hydrogen (secondary N) is 1. The lowest BCUT2D eigenvalue weighted by Crippen LogP contribution is -2.55. The number of hydrogen-bond acceptors (Lipinski definition) is 7. The summed E-state index contributed by atoms with van der Waals surface area (Å²) in [5.41, 5.74) is 10.1. The van der Waals surface area contributed by atoms with Crippen molar-refractivity contribution in [3.63, 3.8) is 0 Å². The van der Waals surface area contributed by atoms with E-state index in [4.69, 9.17) is 5.73 Å². The number of carbonyl (C=O) groups is 3. The molecule has 0 aliphatic carbocycles. The number of anilines is 2. The third kappa shape index (κ3) is 12.7. The van der Waals surface area contributed by atoms with E-state index in [-0.39, 0.29) is 30.1 Å². The van der Waals surface area contributed by atoms with E-state index in [9.17, 15) is 14.4 Å². The molecule has 1 aliphatic rings. The largest absolute Gasteiger partial charge is 0.357 e. The lowest BCUT2D eigenvalue weighted by Gasteiger charge is -2.36. The van der Waals surface area contributed by atoms with E-state index in [2.05, 4.69) is 84.7 Å². The van der Waals surface area contributed by atoms with Gasteiger partial charge in [0.05, 0.1) is 11.4 Å². The lowest BCUT2D eigenvalue weighted by molar-refractivity contribution is -0.146. The number of hydrogen-bond donors (Lipinski definition) is 2. The average molecular weight is 850 g/mol. The molecule has 1 unspecified atom stereocenters. The van der Waals surface area contributed by atoms with Crippen LogP contribution in [0.4, 0.5) is 11.4 Å². The number of amides is 3. The molecule has 0 radical (unpaired) electrons. The summed E-state index contributed by atoms with van der Waals surface area (Å²) >= 11 is 1.87. The van der Waals surface area contributed by atoms with Gasteiger partial charge in [0, 0.05) is 61.9 Å². The Morgan fingerprint density at radius 2 is 1.28 bits per heavy atom. The van der Waals surface area contributed by atoms with Gasteiger partial charge in [0.15, 0.2) is 0 Å².